The number of morpholine rings is 1. The Labute approximate surface area is 120 Å². The largest absolute Gasteiger partial charge is 0.487 e. The molecule has 1 fully saturated rings. The molecule has 1 aromatic carbocycles. The number of rotatable bonds is 0. The Morgan fingerprint density at radius 3 is 2.84 bits per heavy atom. The van der Waals surface area contributed by atoms with Gasteiger partial charge in [0.1, 0.15) is 23.6 Å². The molecule has 0 aliphatic carbocycles. The van der Waals surface area contributed by atoms with Gasteiger partial charge in [-0.3, -0.25) is 4.79 Å². The molecular formula is C14H16BrNO3. The summed E-state index contributed by atoms with van der Waals surface area (Å²) in [5.41, 5.74) is 0.193. The van der Waals surface area contributed by atoms with Crippen LogP contribution >= 0.6 is 15.9 Å². The van der Waals surface area contributed by atoms with Gasteiger partial charge in [-0.25, -0.2) is 0 Å². The van der Waals surface area contributed by atoms with Gasteiger partial charge in [-0.05, 0) is 32.0 Å². The molecule has 0 radical (unpaired) electrons. The quantitative estimate of drug-likeness (QED) is 0.796. The minimum absolute atomic E-state index is 0.0635. The van der Waals surface area contributed by atoms with E-state index in [0.29, 0.717) is 13.0 Å². The zero-order valence-corrected chi connectivity index (χ0v) is 12.5. The van der Waals surface area contributed by atoms with Crippen LogP contribution in [0.1, 0.15) is 25.8 Å². The van der Waals surface area contributed by atoms with E-state index >= 15 is 0 Å². The van der Waals surface area contributed by atoms with Crippen molar-refractivity contribution >= 4 is 21.8 Å². The number of halogens is 1. The topological polar surface area (TPSA) is 47.6 Å². The van der Waals surface area contributed by atoms with Crippen LogP contribution < -0.4 is 10.1 Å². The Balaban J connectivity index is 2.09. The lowest BCUT2D eigenvalue weighted by Crippen LogP contribution is -2.56. The van der Waals surface area contributed by atoms with Gasteiger partial charge in [0.15, 0.2) is 0 Å². The van der Waals surface area contributed by atoms with Crippen LogP contribution in [0.5, 0.6) is 5.75 Å². The molecule has 1 spiro atoms. The lowest BCUT2D eigenvalue weighted by molar-refractivity contribution is -0.158. The third-order valence-corrected chi connectivity index (χ3v) is 4.07. The monoisotopic (exact) mass is 325 g/mol. The lowest BCUT2D eigenvalue weighted by Gasteiger charge is -2.47. The lowest BCUT2D eigenvalue weighted by atomic mass is 9.79. The molecule has 2 aliphatic heterocycles. The molecule has 0 bridgehead atoms. The highest BCUT2D eigenvalue weighted by atomic mass is 79.9. The van der Waals surface area contributed by atoms with Gasteiger partial charge in [0.25, 0.3) is 0 Å². The number of carbonyl (C=O) groups is 1. The molecule has 0 aromatic heterocycles. The molecule has 4 nitrogen and oxygen atoms in total. The minimum atomic E-state index is -0.491. The molecule has 5 heteroatoms. The van der Waals surface area contributed by atoms with Gasteiger partial charge in [-0.2, -0.15) is 0 Å². The van der Waals surface area contributed by atoms with E-state index in [1.165, 1.54) is 0 Å². The summed E-state index contributed by atoms with van der Waals surface area (Å²) in [6, 6.07) is 5.92. The Hall–Kier alpha value is -1.07. The molecule has 3 rings (SSSR count). The Bertz CT molecular complexity index is 531. The smallest absolute Gasteiger partial charge is 0.246 e. The normalized spacial score (nSPS) is 28.5. The average molecular weight is 326 g/mol. The predicted octanol–water partition coefficient (Wildman–Crippen LogP) is 2.35. The van der Waals surface area contributed by atoms with Crippen LogP contribution in [-0.2, 0) is 15.1 Å². The summed E-state index contributed by atoms with van der Waals surface area (Å²) in [6.45, 7) is 4.67. The Kier molecular flexibility index (Phi) is 2.87. The molecule has 1 saturated heterocycles. The fourth-order valence-electron chi connectivity index (χ4n) is 2.90. The van der Waals surface area contributed by atoms with Crippen LogP contribution in [0, 0.1) is 0 Å². The van der Waals surface area contributed by atoms with Gasteiger partial charge in [0, 0.05) is 16.5 Å². The molecule has 1 aromatic rings. The van der Waals surface area contributed by atoms with Gasteiger partial charge < -0.3 is 14.8 Å². The number of ether oxygens (including phenoxy) is 2. The van der Waals surface area contributed by atoms with Crippen molar-refractivity contribution in [3.05, 3.63) is 28.2 Å². The zero-order chi connectivity index (χ0) is 13.7. The van der Waals surface area contributed by atoms with Gasteiger partial charge in [-0.1, -0.05) is 15.9 Å². The molecular weight excluding hydrogens is 310 g/mol. The molecule has 1 N–H and O–H groups in total. The van der Waals surface area contributed by atoms with Gasteiger partial charge in [0.2, 0.25) is 5.91 Å². The predicted molar refractivity (Wildman–Crippen MR) is 74.1 cm³/mol. The van der Waals surface area contributed by atoms with E-state index in [1.807, 2.05) is 32.0 Å². The third kappa shape index (κ3) is 2.25. The summed E-state index contributed by atoms with van der Waals surface area (Å²) in [5, 5.41) is 2.91. The molecule has 1 amide bonds. The Morgan fingerprint density at radius 2 is 2.16 bits per heavy atom. The van der Waals surface area contributed by atoms with Gasteiger partial charge in [-0.15, -0.1) is 0 Å². The summed E-state index contributed by atoms with van der Waals surface area (Å²) in [6.07, 6.45) is 0.712. The average Bonchev–Trinajstić information content (AvgIpc) is 2.33. The minimum Gasteiger partial charge on any atom is -0.487 e. The highest BCUT2D eigenvalue weighted by Gasteiger charge is 2.48. The molecule has 1 atom stereocenters. The first-order valence-corrected chi connectivity index (χ1v) is 7.09. The maximum absolute atomic E-state index is 11.4. The second kappa shape index (κ2) is 4.21. The van der Waals surface area contributed by atoms with Crippen LogP contribution in [0.15, 0.2) is 22.7 Å². The maximum Gasteiger partial charge on any atom is 0.246 e. The summed E-state index contributed by atoms with van der Waals surface area (Å²) < 4.78 is 12.9. The van der Waals surface area contributed by atoms with Crippen molar-refractivity contribution < 1.29 is 14.3 Å². The van der Waals surface area contributed by atoms with E-state index in [-0.39, 0.29) is 18.1 Å². The van der Waals surface area contributed by atoms with Crippen LogP contribution in [-0.4, -0.2) is 24.7 Å². The number of benzene rings is 1. The number of carbonyl (C=O) groups excluding carboxylic acids is 1. The van der Waals surface area contributed by atoms with Crippen molar-refractivity contribution in [3.63, 3.8) is 0 Å². The fourth-order valence-corrected chi connectivity index (χ4v) is 3.26. The molecule has 2 heterocycles. The maximum atomic E-state index is 11.4. The van der Waals surface area contributed by atoms with Gasteiger partial charge >= 0.3 is 0 Å². The van der Waals surface area contributed by atoms with Crippen molar-refractivity contribution in [1.29, 1.82) is 0 Å². The number of hydrogen-bond acceptors (Lipinski definition) is 3. The first-order valence-electron chi connectivity index (χ1n) is 6.30. The first kappa shape index (κ1) is 12.9. The first-order chi connectivity index (χ1) is 8.90. The number of fused-ring (bicyclic) bond motifs is 2. The van der Waals surface area contributed by atoms with Crippen LogP contribution in [0.4, 0.5) is 0 Å². The van der Waals surface area contributed by atoms with E-state index in [4.69, 9.17) is 9.47 Å². The highest BCUT2D eigenvalue weighted by molar-refractivity contribution is 9.10. The Morgan fingerprint density at radius 1 is 1.37 bits per heavy atom. The standard InChI is InChI=1S/C14H16BrNO3/c1-13(2)7-14(8-16-12(17)6-18-14)10-5-9(15)3-4-11(10)19-13/h3-5H,6-8H2,1-2H3,(H,16,17). The van der Waals surface area contributed by atoms with Crippen LogP contribution in [0.25, 0.3) is 0 Å². The van der Waals surface area contributed by atoms with Crippen LogP contribution in [0.3, 0.4) is 0 Å². The SMILES string of the molecule is CC1(C)CC2(CNC(=O)CO2)c2cc(Br)ccc2O1. The number of hydrogen-bond donors (Lipinski definition) is 1. The van der Waals surface area contributed by atoms with E-state index < -0.39 is 5.60 Å². The van der Waals surface area contributed by atoms with E-state index in [9.17, 15) is 4.79 Å². The van der Waals surface area contributed by atoms with Crippen molar-refractivity contribution in [1.82, 2.24) is 5.32 Å². The molecule has 0 saturated carbocycles. The molecule has 1 unspecified atom stereocenters. The number of nitrogens with one attached hydrogen (secondary N) is 1. The molecule has 102 valence electrons. The molecule has 2 aliphatic rings. The molecule has 19 heavy (non-hydrogen) atoms. The van der Waals surface area contributed by atoms with Gasteiger partial charge in [0.05, 0.1) is 6.54 Å². The van der Waals surface area contributed by atoms with Crippen molar-refractivity contribution in [2.24, 2.45) is 0 Å². The summed E-state index contributed by atoms with van der Waals surface area (Å²) >= 11 is 3.48. The third-order valence-electron chi connectivity index (χ3n) is 3.58. The van der Waals surface area contributed by atoms with E-state index in [0.717, 1.165) is 15.8 Å². The second-order valence-electron chi connectivity index (χ2n) is 5.74. The number of amides is 1. The van der Waals surface area contributed by atoms with Crippen molar-refractivity contribution in [2.75, 3.05) is 13.2 Å². The fraction of sp³-hybridized carbons (Fsp3) is 0.500. The van der Waals surface area contributed by atoms with Crippen molar-refractivity contribution in [3.8, 4) is 5.75 Å². The van der Waals surface area contributed by atoms with Crippen molar-refractivity contribution in [2.45, 2.75) is 31.5 Å². The van der Waals surface area contributed by atoms with E-state index in [2.05, 4.69) is 21.2 Å². The zero-order valence-electron chi connectivity index (χ0n) is 11.0. The van der Waals surface area contributed by atoms with E-state index in [1.54, 1.807) is 0 Å². The second-order valence-corrected chi connectivity index (χ2v) is 6.65. The summed E-state index contributed by atoms with van der Waals surface area (Å²) in [5.74, 6) is 0.766. The summed E-state index contributed by atoms with van der Waals surface area (Å²) in [4.78, 5) is 11.4. The summed E-state index contributed by atoms with van der Waals surface area (Å²) in [7, 11) is 0. The van der Waals surface area contributed by atoms with Crippen LogP contribution in [0.2, 0.25) is 0 Å². The highest BCUT2D eigenvalue weighted by Crippen LogP contribution is 2.47.